The number of nitrogens with one attached hydrogen (secondary N) is 1. The van der Waals surface area contributed by atoms with Gasteiger partial charge in [-0.3, -0.25) is 0 Å². The summed E-state index contributed by atoms with van der Waals surface area (Å²) in [5, 5.41) is 25.9. The maximum absolute atomic E-state index is 8.72. The first-order valence-electron chi connectivity index (χ1n) is 9.50. The number of hydrogen-bond donors (Lipinski definition) is 4. The number of unbranched alkanes of at least 4 members (excludes halogenated alkanes) is 14. The molecule has 0 aliphatic heterocycles. The minimum absolute atomic E-state index is 0.526. The van der Waals surface area contributed by atoms with Crippen molar-refractivity contribution < 1.29 is 15.4 Å². The van der Waals surface area contributed by atoms with Gasteiger partial charge in [0.1, 0.15) is 0 Å². The summed E-state index contributed by atoms with van der Waals surface area (Å²) in [5.74, 6) is 0. The predicted molar refractivity (Wildman–Crippen MR) is 91.9 cm³/mol. The van der Waals surface area contributed by atoms with Gasteiger partial charge in [-0.05, 0) is 19.3 Å². The second-order valence-corrected chi connectivity index (χ2v) is 6.48. The summed E-state index contributed by atoms with van der Waals surface area (Å²) in [7, 11) is 0. The number of aliphatic hydroxyl groups excluding tert-OH is 1. The maximum atomic E-state index is 8.72. The van der Waals surface area contributed by atoms with Crippen LogP contribution in [0.5, 0.6) is 0 Å². The zero-order valence-electron chi connectivity index (χ0n) is 14.4. The Morgan fingerprint density at radius 2 is 0.818 bits per heavy atom. The molecule has 0 saturated heterocycles. The van der Waals surface area contributed by atoms with E-state index in [0.29, 0.717) is 6.42 Å². The molecule has 0 rings (SSSR count). The smallest absolute Gasteiger partial charge is 0.151 e. The lowest BCUT2D eigenvalue weighted by atomic mass is 10.0. The average Bonchev–Trinajstić information content (AvgIpc) is 2.50. The quantitative estimate of drug-likeness (QED) is 0.170. The molecule has 0 amide bonds. The van der Waals surface area contributed by atoms with Gasteiger partial charge in [0, 0.05) is 6.54 Å². The van der Waals surface area contributed by atoms with Crippen molar-refractivity contribution in [2.45, 2.75) is 109 Å². The van der Waals surface area contributed by atoms with E-state index >= 15 is 0 Å². The molecule has 0 aromatic heterocycles. The standard InChI is InChI=1S/C18H39NO3/c20-18(21)16-14-12-10-8-6-4-2-1-3-5-7-9-11-13-15-17-19-22/h18-22H,1-17H2. The Hall–Kier alpha value is -0.160. The molecular weight excluding hydrogens is 278 g/mol. The average molecular weight is 318 g/mol. The van der Waals surface area contributed by atoms with Crippen LogP contribution in [-0.4, -0.2) is 28.3 Å². The monoisotopic (exact) mass is 317 g/mol. The van der Waals surface area contributed by atoms with E-state index in [1.165, 1.54) is 77.0 Å². The van der Waals surface area contributed by atoms with Crippen LogP contribution in [0.3, 0.4) is 0 Å². The summed E-state index contributed by atoms with van der Waals surface area (Å²) in [5.41, 5.74) is 2.20. The van der Waals surface area contributed by atoms with Gasteiger partial charge >= 0.3 is 0 Å². The zero-order valence-corrected chi connectivity index (χ0v) is 14.4. The highest BCUT2D eigenvalue weighted by molar-refractivity contribution is 4.50. The fraction of sp³-hybridized carbons (Fsp3) is 1.00. The lowest BCUT2D eigenvalue weighted by molar-refractivity contribution is -0.0466. The maximum Gasteiger partial charge on any atom is 0.151 e. The van der Waals surface area contributed by atoms with Crippen molar-refractivity contribution in [2.24, 2.45) is 0 Å². The highest BCUT2D eigenvalue weighted by Gasteiger charge is 1.97. The Balaban J connectivity index is 2.94. The molecule has 0 aliphatic carbocycles. The van der Waals surface area contributed by atoms with E-state index in [2.05, 4.69) is 5.48 Å². The van der Waals surface area contributed by atoms with Crippen molar-refractivity contribution in [2.75, 3.05) is 6.54 Å². The number of hydroxylamine groups is 1. The molecule has 0 saturated carbocycles. The molecule has 0 aromatic rings. The molecular formula is C18H39NO3. The summed E-state index contributed by atoms with van der Waals surface area (Å²) >= 11 is 0. The molecule has 4 nitrogen and oxygen atoms in total. The molecule has 0 unspecified atom stereocenters. The third-order valence-corrected chi connectivity index (χ3v) is 4.25. The van der Waals surface area contributed by atoms with Crippen LogP contribution in [0.15, 0.2) is 0 Å². The predicted octanol–water partition coefficient (Wildman–Crippen LogP) is 4.52. The Morgan fingerprint density at radius 3 is 1.14 bits per heavy atom. The third-order valence-electron chi connectivity index (χ3n) is 4.25. The molecule has 134 valence electrons. The molecule has 4 N–H and O–H groups in total. The van der Waals surface area contributed by atoms with Crippen molar-refractivity contribution in [3.05, 3.63) is 0 Å². The van der Waals surface area contributed by atoms with E-state index in [9.17, 15) is 0 Å². The highest BCUT2D eigenvalue weighted by Crippen LogP contribution is 2.13. The van der Waals surface area contributed by atoms with Crippen molar-refractivity contribution in [1.29, 1.82) is 0 Å². The fourth-order valence-electron chi connectivity index (χ4n) is 2.83. The van der Waals surface area contributed by atoms with Crippen LogP contribution in [0.4, 0.5) is 0 Å². The van der Waals surface area contributed by atoms with Crippen LogP contribution >= 0.6 is 0 Å². The summed E-state index contributed by atoms with van der Waals surface area (Å²) in [4.78, 5) is 0. The van der Waals surface area contributed by atoms with Gasteiger partial charge in [0.25, 0.3) is 0 Å². The lowest BCUT2D eigenvalue weighted by Gasteiger charge is -2.04. The van der Waals surface area contributed by atoms with Gasteiger partial charge in [0.15, 0.2) is 6.29 Å². The molecule has 0 aliphatic rings. The molecule has 0 spiro atoms. The summed E-state index contributed by atoms with van der Waals surface area (Å²) in [6.07, 6.45) is 18.5. The van der Waals surface area contributed by atoms with E-state index in [4.69, 9.17) is 15.4 Å². The van der Waals surface area contributed by atoms with Crippen molar-refractivity contribution in [3.8, 4) is 0 Å². The van der Waals surface area contributed by atoms with Crippen LogP contribution in [0.1, 0.15) is 103 Å². The Kier molecular flexibility index (Phi) is 18.8. The van der Waals surface area contributed by atoms with E-state index in [-0.39, 0.29) is 0 Å². The molecule has 0 heterocycles. The minimum Gasteiger partial charge on any atom is -0.368 e. The van der Waals surface area contributed by atoms with Gasteiger partial charge in [-0.25, -0.2) is 5.48 Å². The molecule has 0 bridgehead atoms. The first-order valence-corrected chi connectivity index (χ1v) is 9.50. The molecule has 0 aromatic carbocycles. The topological polar surface area (TPSA) is 72.7 Å². The fourth-order valence-corrected chi connectivity index (χ4v) is 2.83. The summed E-state index contributed by atoms with van der Waals surface area (Å²) < 4.78 is 0. The van der Waals surface area contributed by atoms with Gasteiger partial charge in [0.2, 0.25) is 0 Å². The van der Waals surface area contributed by atoms with Crippen molar-refractivity contribution in [1.82, 2.24) is 5.48 Å². The second-order valence-electron chi connectivity index (χ2n) is 6.48. The van der Waals surface area contributed by atoms with Crippen molar-refractivity contribution >= 4 is 0 Å². The highest BCUT2D eigenvalue weighted by atomic mass is 16.5. The number of aliphatic hydroxyl groups is 2. The van der Waals surface area contributed by atoms with Crippen LogP contribution in [0, 0.1) is 0 Å². The lowest BCUT2D eigenvalue weighted by Crippen LogP contribution is -2.07. The van der Waals surface area contributed by atoms with Crippen molar-refractivity contribution in [3.63, 3.8) is 0 Å². The Labute approximate surface area is 137 Å². The first kappa shape index (κ1) is 21.8. The second kappa shape index (κ2) is 18.9. The van der Waals surface area contributed by atoms with Crippen LogP contribution in [0.2, 0.25) is 0 Å². The van der Waals surface area contributed by atoms with E-state index in [1.54, 1.807) is 0 Å². The van der Waals surface area contributed by atoms with Crippen LogP contribution in [0.25, 0.3) is 0 Å². The molecule has 22 heavy (non-hydrogen) atoms. The Bertz CT molecular complexity index is 201. The largest absolute Gasteiger partial charge is 0.368 e. The molecule has 0 atom stereocenters. The van der Waals surface area contributed by atoms with Gasteiger partial charge in [-0.15, -0.1) is 0 Å². The molecule has 0 fully saturated rings. The minimum atomic E-state index is -1.11. The number of rotatable bonds is 18. The van der Waals surface area contributed by atoms with E-state index in [1.807, 2.05) is 0 Å². The van der Waals surface area contributed by atoms with Crippen LogP contribution < -0.4 is 5.48 Å². The number of hydrogen-bond acceptors (Lipinski definition) is 4. The summed E-state index contributed by atoms with van der Waals surface area (Å²) in [6.45, 7) is 0.726. The molecule has 4 heteroatoms. The van der Waals surface area contributed by atoms with E-state index in [0.717, 1.165) is 25.8 Å². The SMILES string of the molecule is ONCCCCCCCCCCCCCCCCCC(O)O. The third kappa shape index (κ3) is 19.8. The first-order chi connectivity index (χ1) is 10.8. The normalized spacial score (nSPS) is 11.5. The van der Waals surface area contributed by atoms with E-state index < -0.39 is 6.29 Å². The van der Waals surface area contributed by atoms with Gasteiger partial charge in [-0.2, -0.15) is 0 Å². The molecule has 0 radical (unpaired) electrons. The van der Waals surface area contributed by atoms with Gasteiger partial charge in [-0.1, -0.05) is 83.5 Å². The zero-order chi connectivity index (χ0) is 16.3. The van der Waals surface area contributed by atoms with Crippen LogP contribution in [-0.2, 0) is 0 Å². The summed E-state index contributed by atoms with van der Waals surface area (Å²) in [6, 6.07) is 0. The van der Waals surface area contributed by atoms with Gasteiger partial charge in [0.05, 0.1) is 0 Å². The Morgan fingerprint density at radius 1 is 0.500 bits per heavy atom. The van der Waals surface area contributed by atoms with Gasteiger partial charge < -0.3 is 15.4 Å².